The molecule has 3 rings (SSSR count). The number of rotatable bonds is 6. The Morgan fingerprint density at radius 2 is 1.88 bits per heavy atom. The Hall–Kier alpha value is -2.70. The number of amides is 1. The molecular formula is C19H17ClN2O4. The van der Waals surface area contributed by atoms with Crippen molar-refractivity contribution in [3.05, 3.63) is 74.5 Å². The van der Waals surface area contributed by atoms with Gasteiger partial charge in [-0.25, -0.2) is 0 Å². The highest BCUT2D eigenvalue weighted by atomic mass is 35.5. The van der Waals surface area contributed by atoms with Crippen molar-refractivity contribution in [3.8, 4) is 0 Å². The van der Waals surface area contributed by atoms with Gasteiger partial charge in [-0.15, -0.1) is 0 Å². The number of nitrogens with zero attached hydrogens (tertiary/aromatic N) is 1. The van der Waals surface area contributed by atoms with Crippen LogP contribution in [0.4, 0.5) is 0 Å². The monoisotopic (exact) mass is 372 g/mol. The summed E-state index contributed by atoms with van der Waals surface area (Å²) < 4.78 is 5.19. The summed E-state index contributed by atoms with van der Waals surface area (Å²) in [5, 5.41) is 16.1. The molecule has 3 aromatic rings. The first-order valence-corrected chi connectivity index (χ1v) is 8.52. The molecule has 6 nitrogen and oxygen atoms in total. The van der Waals surface area contributed by atoms with Crippen LogP contribution in [0.2, 0.25) is 5.02 Å². The highest BCUT2D eigenvalue weighted by molar-refractivity contribution is 6.30. The summed E-state index contributed by atoms with van der Waals surface area (Å²) in [5.41, 5.74) is 1.28. The van der Waals surface area contributed by atoms with Gasteiger partial charge in [0.05, 0.1) is 5.39 Å². The van der Waals surface area contributed by atoms with Crippen molar-refractivity contribution in [2.75, 3.05) is 6.61 Å². The molecule has 2 aromatic carbocycles. The summed E-state index contributed by atoms with van der Waals surface area (Å²) in [6.45, 7) is 0.313. The number of hydrogen-bond donors (Lipinski definition) is 2. The van der Waals surface area contributed by atoms with Crippen molar-refractivity contribution in [2.45, 2.75) is 19.4 Å². The fourth-order valence-corrected chi connectivity index (χ4v) is 2.68. The number of aryl methyl sites for hydroxylation is 1. The lowest BCUT2D eigenvalue weighted by molar-refractivity contribution is 0.0938. The summed E-state index contributed by atoms with van der Waals surface area (Å²) in [7, 11) is 0. The second-order valence-corrected chi connectivity index (χ2v) is 6.26. The third-order valence-corrected chi connectivity index (χ3v) is 4.20. The van der Waals surface area contributed by atoms with Crippen molar-refractivity contribution in [3.63, 3.8) is 0 Å². The summed E-state index contributed by atoms with van der Waals surface area (Å²) in [6.07, 6.45) is 1.22. The van der Waals surface area contributed by atoms with E-state index in [1.165, 1.54) is 0 Å². The number of aromatic nitrogens is 1. The van der Waals surface area contributed by atoms with Gasteiger partial charge in [-0.2, -0.15) is 0 Å². The first-order chi connectivity index (χ1) is 12.6. The van der Waals surface area contributed by atoms with Gasteiger partial charge >= 0.3 is 0 Å². The van der Waals surface area contributed by atoms with Crippen LogP contribution in [0.15, 0.2) is 51.8 Å². The molecule has 0 bridgehead atoms. The molecule has 1 aromatic heterocycles. The molecule has 0 fully saturated rings. The van der Waals surface area contributed by atoms with Gasteiger partial charge in [0.2, 0.25) is 11.1 Å². The van der Waals surface area contributed by atoms with Gasteiger partial charge in [-0.05, 0) is 48.2 Å². The highest BCUT2D eigenvalue weighted by Gasteiger charge is 2.16. The maximum atomic E-state index is 12.6. The molecule has 7 heteroatoms. The first-order valence-electron chi connectivity index (χ1n) is 8.14. The minimum Gasteiger partial charge on any atom is -0.396 e. The second-order valence-electron chi connectivity index (χ2n) is 5.83. The third kappa shape index (κ3) is 4.09. The second kappa shape index (κ2) is 8.12. The van der Waals surface area contributed by atoms with Crippen molar-refractivity contribution >= 4 is 28.5 Å². The summed E-state index contributed by atoms with van der Waals surface area (Å²) in [6, 6.07) is 12.1. The van der Waals surface area contributed by atoms with E-state index in [0.29, 0.717) is 28.8 Å². The fourth-order valence-electron chi connectivity index (χ4n) is 2.55. The summed E-state index contributed by atoms with van der Waals surface area (Å²) in [4.78, 5) is 24.9. The van der Waals surface area contributed by atoms with Crippen LogP contribution in [0, 0.1) is 0 Å². The maximum Gasteiger partial charge on any atom is 0.277 e. The molecule has 1 heterocycles. The Labute approximate surface area is 154 Å². The third-order valence-electron chi connectivity index (χ3n) is 3.94. The predicted octanol–water partition coefficient (Wildman–Crippen LogP) is 2.70. The number of hydrogen-bond acceptors (Lipinski definition) is 5. The van der Waals surface area contributed by atoms with Gasteiger partial charge in [-0.1, -0.05) is 35.0 Å². The maximum absolute atomic E-state index is 12.6. The molecule has 0 spiro atoms. The van der Waals surface area contributed by atoms with Crippen LogP contribution in [-0.2, 0) is 13.0 Å². The van der Waals surface area contributed by atoms with Crippen molar-refractivity contribution in [1.82, 2.24) is 10.5 Å². The summed E-state index contributed by atoms with van der Waals surface area (Å²) >= 11 is 5.83. The SMILES string of the molecule is O=C(NCc1ccc(Cl)cc1)c1noc2ccc(CCCO)cc2c1=O. The van der Waals surface area contributed by atoms with Crippen molar-refractivity contribution in [2.24, 2.45) is 0 Å². The summed E-state index contributed by atoms with van der Waals surface area (Å²) in [5.74, 6) is -0.601. The smallest absolute Gasteiger partial charge is 0.277 e. The molecule has 26 heavy (non-hydrogen) atoms. The Kier molecular flexibility index (Phi) is 5.65. The van der Waals surface area contributed by atoms with Crippen LogP contribution in [0.3, 0.4) is 0 Å². The Morgan fingerprint density at radius 1 is 1.15 bits per heavy atom. The quantitative estimate of drug-likeness (QED) is 0.694. The highest BCUT2D eigenvalue weighted by Crippen LogP contribution is 2.14. The van der Waals surface area contributed by atoms with Gasteiger partial charge < -0.3 is 14.9 Å². The normalized spacial score (nSPS) is 10.8. The van der Waals surface area contributed by atoms with Crippen LogP contribution in [0.25, 0.3) is 11.0 Å². The average molecular weight is 373 g/mol. The molecule has 134 valence electrons. The number of aliphatic hydroxyl groups is 1. The average Bonchev–Trinajstić information content (AvgIpc) is 2.66. The number of benzene rings is 2. The van der Waals surface area contributed by atoms with E-state index >= 15 is 0 Å². The number of fused-ring (bicyclic) bond motifs is 1. The number of halogens is 1. The van der Waals surface area contributed by atoms with E-state index in [1.807, 2.05) is 6.07 Å². The Bertz CT molecular complexity index is 983. The van der Waals surface area contributed by atoms with Crippen LogP contribution in [0.1, 0.15) is 28.0 Å². The van der Waals surface area contributed by atoms with E-state index in [2.05, 4.69) is 10.5 Å². The van der Waals surface area contributed by atoms with Gasteiger partial charge in [0.15, 0.2) is 5.58 Å². The molecule has 0 unspecified atom stereocenters. The molecular weight excluding hydrogens is 356 g/mol. The topological polar surface area (TPSA) is 92.4 Å². The molecule has 0 radical (unpaired) electrons. The lowest BCUT2D eigenvalue weighted by Gasteiger charge is -2.06. The molecule has 0 saturated carbocycles. The van der Waals surface area contributed by atoms with E-state index < -0.39 is 11.3 Å². The van der Waals surface area contributed by atoms with Crippen LogP contribution >= 0.6 is 11.6 Å². The van der Waals surface area contributed by atoms with Gasteiger partial charge in [0.25, 0.3) is 5.91 Å². The Balaban J connectivity index is 1.82. The lowest BCUT2D eigenvalue weighted by atomic mass is 10.1. The zero-order chi connectivity index (χ0) is 18.5. The predicted molar refractivity (Wildman–Crippen MR) is 98.3 cm³/mol. The van der Waals surface area contributed by atoms with E-state index in [9.17, 15) is 9.59 Å². The van der Waals surface area contributed by atoms with Crippen LogP contribution in [0.5, 0.6) is 0 Å². The Morgan fingerprint density at radius 3 is 2.62 bits per heavy atom. The molecule has 1 amide bonds. The van der Waals surface area contributed by atoms with Gasteiger partial charge in [-0.3, -0.25) is 9.59 Å². The number of carbonyl (C=O) groups excluding carboxylic acids is 1. The molecule has 2 N–H and O–H groups in total. The van der Waals surface area contributed by atoms with E-state index in [0.717, 1.165) is 11.1 Å². The van der Waals surface area contributed by atoms with Gasteiger partial charge in [0, 0.05) is 18.2 Å². The van der Waals surface area contributed by atoms with Crippen LogP contribution < -0.4 is 10.7 Å². The number of aliphatic hydroxyl groups excluding tert-OH is 1. The standard InChI is InChI=1S/C19H17ClN2O4/c20-14-6-3-13(4-7-14)11-21-19(25)17-18(24)15-10-12(2-1-9-23)5-8-16(15)26-22-17/h3-8,10,23H,1-2,9,11H2,(H,21,25). The zero-order valence-corrected chi connectivity index (χ0v) is 14.6. The molecule has 0 aliphatic rings. The minimum absolute atomic E-state index is 0.0708. The molecule has 0 aliphatic carbocycles. The fraction of sp³-hybridized carbons (Fsp3) is 0.211. The molecule has 0 aliphatic heterocycles. The van der Waals surface area contributed by atoms with E-state index in [1.54, 1.807) is 36.4 Å². The van der Waals surface area contributed by atoms with Crippen molar-refractivity contribution < 1.29 is 14.4 Å². The molecule has 0 saturated heterocycles. The van der Waals surface area contributed by atoms with E-state index in [-0.39, 0.29) is 18.8 Å². The van der Waals surface area contributed by atoms with Gasteiger partial charge in [0.1, 0.15) is 0 Å². The van der Waals surface area contributed by atoms with Crippen molar-refractivity contribution in [1.29, 1.82) is 0 Å². The van der Waals surface area contributed by atoms with Crippen LogP contribution in [-0.4, -0.2) is 22.8 Å². The zero-order valence-electron chi connectivity index (χ0n) is 13.9. The largest absolute Gasteiger partial charge is 0.396 e. The van der Waals surface area contributed by atoms with E-state index in [4.69, 9.17) is 21.2 Å². The molecule has 0 atom stereocenters. The number of nitrogens with one attached hydrogen (secondary N) is 1. The minimum atomic E-state index is -0.601. The lowest BCUT2D eigenvalue weighted by Crippen LogP contribution is -2.29. The first kappa shape index (κ1) is 18.1. The number of carbonyl (C=O) groups is 1.